The van der Waals surface area contributed by atoms with Crippen molar-refractivity contribution < 1.29 is 26.9 Å². The summed E-state index contributed by atoms with van der Waals surface area (Å²) >= 11 is 0. The van der Waals surface area contributed by atoms with Crippen molar-refractivity contribution in [3.05, 3.63) is 99.2 Å². The Morgan fingerprint density at radius 1 is 0.969 bits per heavy atom. The Labute approximate surface area is 204 Å². The van der Waals surface area contributed by atoms with Gasteiger partial charge in [0.05, 0.1) is 18.7 Å². The van der Waals surface area contributed by atoms with Crippen LogP contribution in [0, 0.1) is 63.2 Å². The first kappa shape index (κ1) is 25.5. The molecule has 3 fully saturated rings. The number of rotatable bonds is 5. The number of methoxy groups -OCH3 is 1. The normalized spacial score (nSPS) is 21.1. The Hall–Kier alpha value is -1.13. The van der Waals surface area contributed by atoms with Crippen molar-refractivity contribution in [1.82, 2.24) is 9.88 Å². The molecule has 166 valence electrons. The molecule has 4 nitrogen and oxygen atoms in total. The van der Waals surface area contributed by atoms with Crippen LogP contribution in [0.25, 0.3) is 10.9 Å². The molecule has 32 heavy (non-hydrogen) atoms. The zero-order valence-corrected chi connectivity index (χ0v) is 19.5. The molecule has 1 unspecified atom stereocenters. The Kier molecular flexibility index (Phi) is 10.3. The number of fused-ring (bicyclic) bond motifs is 1. The van der Waals surface area contributed by atoms with Crippen LogP contribution in [0.3, 0.4) is 0 Å². The van der Waals surface area contributed by atoms with Crippen LogP contribution in [0.15, 0.2) is 30.5 Å². The second-order valence-electron chi connectivity index (χ2n) is 7.99. The number of aliphatic hydroxyl groups is 1. The van der Waals surface area contributed by atoms with Crippen molar-refractivity contribution in [2.45, 2.75) is 25.4 Å². The standard InChI is InChI=1S/C22H25N2O2.C5H5.Fe/c1-26-17-8-9-21-20(14-17)19(10-11-23-21)22(25)18-7-5-6-16(18)15-24-12-3-2-4-13-24;1-2-4-5-3-1;/h5-11,14,22,25H,2-4,12-13,15H2,1H3;1-5H;/q;;+2. The molecule has 2 saturated carbocycles. The number of benzene rings is 1. The molecular weight excluding hydrogens is 440 g/mol. The molecule has 2 heterocycles. The molecule has 5 heteroatoms. The number of aliphatic hydroxyl groups excluding tert-OH is 1. The van der Waals surface area contributed by atoms with E-state index in [4.69, 9.17) is 4.74 Å². The summed E-state index contributed by atoms with van der Waals surface area (Å²) in [5.74, 6) is 2.98. The maximum atomic E-state index is 11.2. The molecule has 1 atom stereocenters. The first-order valence-electron chi connectivity index (χ1n) is 11.0. The number of aromatic nitrogens is 1. The van der Waals surface area contributed by atoms with E-state index < -0.39 is 6.10 Å². The first-order valence-corrected chi connectivity index (χ1v) is 11.0. The van der Waals surface area contributed by atoms with E-state index in [9.17, 15) is 5.11 Å². The van der Waals surface area contributed by atoms with Gasteiger partial charge in [-0.15, -0.1) is 0 Å². The minimum atomic E-state index is -0.664. The number of nitrogens with zero attached hydrogens (tertiary/aromatic N) is 2. The van der Waals surface area contributed by atoms with Gasteiger partial charge in [0.2, 0.25) is 0 Å². The second-order valence-corrected chi connectivity index (χ2v) is 7.99. The van der Waals surface area contributed by atoms with Crippen LogP contribution in [-0.2, 0) is 17.1 Å². The molecule has 0 amide bonds. The molecule has 0 spiro atoms. The van der Waals surface area contributed by atoms with E-state index in [2.05, 4.69) is 16.3 Å². The third-order valence-electron chi connectivity index (χ3n) is 5.91. The topological polar surface area (TPSA) is 45.6 Å². The number of hydrogen-bond acceptors (Lipinski definition) is 4. The molecule has 1 aromatic heterocycles. The van der Waals surface area contributed by atoms with Crippen LogP contribution in [0.4, 0.5) is 0 Å². The molecular formula is C27H30FeN2O2+2. The van der Waals surface area contributed by atoms with Gasteiger partial charge in [0.25, 0.3) is 0 Å². The summed E-state index contributed by atoms with van der Waals surface area (Å²) in [6, 6.07) is 7.69. The number of piperidine rings is 1. The van der Waals surface area contributed by atoms with Crippen LogP contribution >= 0.6 is 0 Å². The van der Waals surface area contributed by atoms with Crippen molar-refractivity contribution in [2.75, 3.05) is 26.7 Å². The van der Waals surface area contributed by atoms with E-state index in [1.165, 1.54) is 25.2 Å². The van der Waals surface area contributed by atoms with Crippen LogP contribution in [0.5, 0.6) is 5.75 Å². The molecule has 2 aliphatic carbocycles. The maximum absolute atomic E-state index is 11.2. The smallest absolute Gasteiger partial charge is 0.497 e. The number of pyridine rings is 1. The van der Waals surface area contributed by atoms with Gasteiger partial charge in [0.15, 0.2) is 0 Å². The zero-order valence-electron chi connectivity index (χ0n) is 18.4. The van der Waals surface area contributed by atoms with Gasteiger partial charge in [0.1, 0.15) is 5.75 Å². The summed E-state index contributed by atoms with van der Waals surface area (Å²) in [6.45, 7) is 3.21. The minimum Gasteiger partial charge on any atom is -0.497 e. The van der Waals surface area contributed by atoms with E-state index >= 15 is 0 Å². The van der Waals surface area contributed by atoms with E-state index in [1.807, 2.05) is 69.2 Å². The van der Waals surface area contributed by atoms with Crippen LogP contribution < -0.4 is 4.74 Å². The summed E-state index contributed by atoms with van der Waals surface area (Å²) in [4.78, 5) is 6.91. The largest absolute Gasteiger partial charge is 2.00 e. The van der Waals surface area contributed by atoms with Gasteiger partial charge in [-0.05, 0) is 107 Å². The number of hydrogen-bond donors (Lipinski definition) is 1. The minimum absolute atomic E-state index is 0. The molecule has 0 bridgehead atoms. The van der Waals surface area contributed by atoms with Crippen molar-refractivity contribution in [2.24, 2.45) is 0 Å². The monoisotopic (exact) mass is 470 g/mol. The molecule has 1 saturated heterocycles. The SMILES string of the molecule is COc1ccc2nccc(C(O)[C]3[CH][CH][CH][C]3CN3CCCCC3)c2c1.[CH]1[CH][CH][CH][CH]1.[Fe+2]. The van der Waals surface area contributed by atoms with Gasteiger partial charge in [-0.25, -0.2) is 0 Å². The molecule has 3 aliphatic rings. The molecule has 1 aromatic carbocycles. The number of ether oxygens (including phenoxy) is 1. The van der Waals surface area contributed by atoms with E-state index in [1.54, 1.807) is 13.3 Å². The summed E-state index contributed by atoms with van der Waals surface area (Å²) in [5, 5.41) is 12.1. The average Bonchev–Trinajstić information content (AvgIpc) is 3.54. The quantitative estimate of drug-likeness (QED) is 0.652. The summed E-state index contributed by atoms with van der Waals surface area (Å²) in [6.07, 6.45) is 21.2. The van der Waals surface area contributed by atoms with Crippen molar-refractivity contribution in [1.29, 1.82) is 0 Å². The van der Waals surface area contributed by atoms with E-state index in [0.717, 1.165) is 47.8 Å². The molecule has 5 rings (SSSR count). The summed E-state index contributed by atoms with van der Waals surface area (Å²) in [5.41, 5.74) is 1.74. The first-order chi connectivity index (χ1) is 15.3. The predicted molar refractivity (Wildman–Crippen MR) is 124 cm³/mol. The molecule has 10 radical (unpaired) electrons. The van der Waals surface area contributed by atoms with Crippen molar-refractivity contribution in [3.8, 4) is 5.75 Å². The Bertz CT molecular complexity index is 813. The predicted octanol–water partition coefficient (Wildman–Crippen LogP) is 4.56. The van der Waals surface area contributed by atoms with Crippen LogP contribution in [0.1, 0.15) is 30.9 Å². The van der Waals surface area contributed by atoms with Gasteiger partial charge in [-0.3, -0.25) is 4.98 Å². The second kappa shape index (κ2) is 12.9. The zero-order chi connectivity index (χ0) is 21.5. The van der Waals surface area contributed by atoms with Crippen LogP contribution in [0.2, 0.25) is 0 Å². The molecule has 2 aromatic rings. The van der Waals surface area contributed by atoms with Gasteiger partial charge >= 0.3 is 17.1 Å². The summed E-state index contributed by atoms with van der Waals surface area (Å²) < 4.78 is 5.36. The van der Waals surface area contributed by atoms with Crippen LogP contribution in [-0.4, -0.2) is 41.7 Å². The summed E-state index contributed by atoms with van der Waals surface area (Å²) in [7, 11) is 1.65. The Balaban J connectivity index is 0.000000427. The maximum Gasteiger partial charge on any atom is 2.00 e. The third-order valence-corrected chi connectivity index (χ3v) is 5.91. The van der Waals surface area contributed by atoms with E-state index in [-0.39, 0.29) is 17.1 Å². The van der Waals surface area contributed by atoms with Gasteiger partial charge < -0.3 is 14.7 Å². The van der Waals surface area contributed by atoms with E-state index in [0.29, 0.717) is 0 Å². The van der Waals surface area contributed by atoms with Crippen molar-refractivity contribution in [3.63, 3.8) is 0 Å². The molecule has 1 N–H and O–H groups in total. The molecule has 1 aliphatic heterocycles. The van der Waals surface area contributed by atoms with Crippen molar-refractivity contribution >= 4 is 10.9 Å². The third kappa shape index (κ3) is 6.47. The Morgan fingerprint density at radius 3 is 2.38 bits per heavy atom. The van der Waals surface area contributed by atoms with Gasteiger partial charge in [0, 0.05) is 30.0 Å². The fourth-order valence-corrected chi connectivity index (χ4v) is 4.24. The van der Waals surface area contributed by atoms with Gasteiger partial charge in [-0.1, -0.05) is 6.42 Å². The average molecular weight is 470 g/mol. The Morgan fingerprint density at radius 2 is 1.69 bits per heavy atom. The fraction of sp³-hybridized carbons (Fsp3) is 0.296. The van der Waals surface area contributed by atoms with Gasteiger partial charge in [-0.2, -0.15) is 0 Å². The fourth-order valence-electron chi connectivity index (χ4n) is 4.24. The number of likely N-dealkylation sites (tertiary alicyclic amines) is 1.